The van der Waals surface area contributed by atoms with Gasteiger partial charge in [0, 0.05) is 13.1 Å². The van der Waals surface area contributed by atoms with Crippen LogP contribution in [-0.2, 0) is 6.54 Å². The van der Waals surface area contributed by atoms with Gasteiger partial charge in [-0.1, -0.05) is 30.3 Å². The molecule has 0 radical (unpaired) electrons. The Morgan fingerprint density at radius 3 is 2.80 bits per heavy atom. The predicted molar refractivity (Wildman–Crippen MR) is 61.8 cm³/mol. The molecule has 3 N–H and O–H groups in total. The van der Waals surface area contributed by atoms with E-state index in [1.54, 1.807) is 0 Å². The monoisotopic (exact) mass is 205 g/mol. The van der Waals surface area contributed by atoms with Crippen molar-refractivity contribution in [3.05, 3.63) is 35.9 Å². The predicted octanol–water partition coefficient (Wildman–Crippen LogP) is 1.46. The highest BCUT2D eigenvalue weighted by Crippen LogP contribution is 2.11. The van der Waals surface area contributed by atoms with E-state index in [1.165, 1.54) is 18.4 Å². The second-order valence-electron chi connectivity index (χ2n) is 4.08. The Balaban J connectivity index is 1.82. The highest BCUT2D eigenvalue weighted by atomic mass is 15.5. The molecule has 1 saturated heterocycles. The first-order valence-electron chi connectivity index (χ1n) is 5.66. The first kappa shape index (κ1) is 10.6. The maximum absolute atomic E-state index is 6.01. The van der Waals surface area contributed by atoms with Gasteiger partial charge in [0.05, 0.1) is 6.17 Å². The standard InChI is InChI=1S/C12H19N3/c13-12-8-4-5-9-15(12)14-10-11-6-2-1-3-7-11/h1-3,6-7,12,14H,4-5,8-10,13H2. The number of rotatable bonds is 3. The molecule has 3 heteroatoms. The molecule has 82 valence electrons. The van der Waals surface area contributed by atoms with Crippen LogP contribution in [0.1, 0.15) is 24.8 Å². The number of piperidine rings is 1. The van der Waals surface area contributed by atoms with Crippen molar-refractivity contribution < 1.29 is 0 Å². The molecule has 1 aromatic rings. The molecule has 0 spiro atoms. The van der Waals surface area contributed by atoms with Gasteiger partial charge < -0.3 is 5.73 Å². The quantitative estimate of drug-likeness (QED) is 0.785. The average molecular weight is 205 g/mol. The van der Waals surface area contributed by atoms with Crippen molar-refractivity contribution in [2.45, 2.75) is 32.0 Å². The number of nitrogens with zero attached hydrogens (tertiary/aromatic N) is 1. The zero-order valence-electron chi connectivity index (χ0n) is 9.02. The molecule has 0 bridgehead atoms. The van der Waals surface area contributed by atoms with Gasteiger partial charge in [-0.15, -0.1) is 0 Å². The highest BCUT2D eigenvalue weighted by Gasteiger charge is 2.17. The summed E-state index contributed by atoms with van der Waals surface area (Å²) in [6.07, 6.45) is 3.78. The first-order chi connectivity index (χ1) is 7.36. The number of nitrogens with one attached hydrogen (secondary N) is 1. The number of benzene rings is 1. The fourth-order valence-corrected chi connectivity index (χ4v) is 1.94. The van der Waals surface area contributed by atoms with Gasteiger partial charge in [-0.3, -0.25) is 0 Å². The molecule has 2 rings (SSSR count). The van der Waals surface area contributed by atoms with Gasteiger partial charge >= 0.3 is 0 Å². The third-order valence-electron chi connectivity index (χ3n) is 2.88. The van der Waals surface area contributed by atoms with E-state index in [-0.39, 0.29) is 6.17 Å². The summed E-state index contributed by atoms with van der Waals surface area (Å²) in [7, 11) is 0. The number of nitrogens with two attached hydrogens (primary N) is 1. The van der Waals surface area contributed by atoms with Crippen LogP contribution in [-0.4, -0.2) is 17.7 Å². The second kappa shape index (κ2) is 5.26. The molecule has 1 unspecified atom stereocenters. The van der Waals surface area contributed by atoms with Gasteiger partial charge in [0.15, 0.2) is 0 Å². The fraction of sp³-hybridized carbons (Fsp3) is 0.500. The minimum absolute atomic E-state index is 0.183. The second-order valence-corrected chi connectivity index (χ2v) is 4.08. The van der Waals surface area contributed by atoms with Crippen LogP contribution in [0.2, 0.25) is 0 Å². The fourth-order valence-electron chi connectivity index (χ4n) is 1.94. The molecule has 0 aromatic heterocycles. The summed E-state index contributed by atoms with van der Waals surface area (Å²) in [6.45, 7) is 1.93. The summed E-state index contributed by atoms with van der Waals surface area (Å²) < 4.78 is 0. The molecule has 1 fully saturated rings. The number of hydrazine groups is 1. The Morgan fingerprint density at radius 1 is 1.27 bits per heavy atom. The first-order valence-corrected chi connectivity index (χ1v) is 5.66. The molecule has 1 heterocycles. The Hall–Kier alpha value is -0.900. The Labute approximate surface area is 91.2 Å². The lowest BCUT2D eigenvalue weighted by atomic mass is 10.1. The molecule has 0 amide bonds. The molecule has 3 nitrogen and oxygen atoms in total. The van der Waals surface area contributed by atoms with E-state index < -0.39 is 0 Å². The maximum atomic E-state index is 6.01. The van der Waals surface area contributed by atoms with Crippen molar-refractivity contribution >= 4 is 0 Å². The van der Waals surface area contributed by atoms with E-state index in [1.807, 2.05) is 6.07 Å². The molecule has 1 aliphatic rings. The van der Waals surface area contributed by atoms with Crippen LogP contribution >= 0.6 is 0 Å². The van der Waals surface area contributed by atoms with Crippen LogP contribution in [0.15, 0.2) is 30.3 Å². The topological polar surface area (TPSA) is 41.3 Å². The molecule has 0 saturated carbocycles. The lowest BCUT2D eigenvalue weighted by Crippen LogP contribution is -2.52. The smallest absolute Gasteiger partial charge is 0.0707 e. The van der Waals surface area contributed by atoms with Crippen LogP contribution in [0, 0.1) is 0 Å². The van der Waals surface area contributed by atoms with Crippen molar-refractivity contribution in [3.8, 4) is 0 Å². The van der Waals surface area contributed by atoms with Gasteiger partial charge in [0.1, 0.15) is 0 Å². The van der Waals surface area contributed by atoms with Gasteiger partial charge in [0.2, 0.25) is 0 Å². The Morgan fingerprint density at radius 2 is 2.07 bits per heavy atom. The van der Waals surface area contributed by atoms with E-state index in [0.29, 0.717) is 0 Å². The van der Waals surface area contributed by atoms with E-state index in [4.69, 9.17) is 5.73 Å². The summed E-state index contributed by atoms with van der Waals surface area (Å²) in [6, 6.07) is 10.4. The molecule has 1 aromatic carbocycles. The summed E-state index contributed by atoms with van der Waals surface area (Å²) in [4.78, 5) is 0. The average Bonchev–Trinajstić information content (AvgIpc) is 2.29. The largest absolute Gasteiger partial charge is 0.315 e. The molecular formula is C12H19N3. The lowest BCUT2D eigenvalue weighted by Gasteiger charge is -2.33. The zero-order valence-corrected chi connectivity index (χ0v) is 9.02. The van der Waals surface area contributed by atoms with Gasteiger partial charge in [0.25, 0.3) is 0 Å². The highest BCUT2D eigenvalue weighted by molar-refractivity contribution is 5.14. The summed E-state index contributed by atoms with van der Waals surface area (Å²) >= 11 is 0. The minimum Gasteiger partial charge on any atom is -0.315 e. The van der Waals surface area contributed by atoms with E-state index in [2.05, 4.69) is 34.7 Å². The molecular weight excluding hydrogens is 186 g/mol. The van der Waals surface area contributed by atoms with Crippen LogP contribution in [0.4, 0.5) is 0 Å². The number of hydrogen-bond donors (Lipinski definition) is 2. The third-order valence-corrected chi connectivity index (χ3v) is 2.88. The van der Waals surface area contributed by atoms with E-state index in [9.17, 15) is 0 Å². The summed E-state index contributed by atoms with van der Waals surface area (Å²) in [5, 5.41) is 2.16. The minimum atomic E-state index is 0.183. The maximum Gasteiger partial charge on any atom is 0.0707 e. The molecule has 15 heavy (non-hydrogen) atoms. The van der Waals surface area contributed by atoms with Crippen molar-refractivity contribution in [3.63, 3.8) is 0 Å². The van der Waals surface area contributed by atoms with E-state index >= 15 is 0 Å². The Bertz CT molecular complexity index is 286. The third kappa shape index (κ3) is 3.02. The lowest BCUT2D eigenvalue weighted by molar-refractivity contribution is 0.0865. The summed E-state index contributed by atoms with van der Waals surface area (Å²) in [5.74, 6) is 0. The zero-order chi connectivity index (χ0) is 10.5. The molecule has 1 atom stereocenters. The summed E-state index contributed by atoms with van der Waals surface area (Å²) in [5.41, 5.74) is 10.7. The number of hydrogen-bond acceptors (Lipinski definition) is 3. The normalized spacial score (nSPS) is 22.9. The van der Waals surface area contributed by atoms with Crippen molar-refractivity contribution in [2.24, 2.45) is 5.73 Å². The molecule has 1 aliphatic heterocycles. The van der Waals surface area contributed by atoms with Crippen LogP contribution in [0.5, 0.6) is 0 Å². The van der Waals surface area contributed by atoms with Crippen LogP contribution in [0.3, 0.4) is 0 Å². The van der Waals surface area contributed by atoms with Gasteiger partial charge in [-0.05, 0) is 24.8 Å². The van der Waals surface area contributed by atoms with Crippen molar-refractivity contribution in [2.75, 3.05) is 6.54 Å². The van der Waals surface area contributed by atoms with Crippen molar-refractivity contribution in [1.29, 1.82) is 0 Å². The van der Waals surface area contributed by atoms with Crippen LogP contribution in [0.25, 0.3) is 0 Å². The SMILES string of the molecule is NC1CCCCN1NCc1ccccc1. The molecule has 0 aliphatic carbocycles. The Kier molecular flexibility index (Phi) is 3.72. The van der Waals surface area contributed by atoms with Gasteiger partial charge in [-0.2, -0.15) is 0 Å². The van der Waals surface area contributed by atoms with E-state index in [0.717, 1.165) is 19.5 Å². The van der Waals surface area contributed by atoms with Crippen molar-refractivity contribution in [1.82, 2.24) is 10.4 Å². The van der Waals surface area contributed by atoms with Gasteiger partial charge in [-0.25, -0.2) is 10.4 Å². The van der Waals surface area contributed by atoms with Crippen LogP contribution < -0.4 is 11.2 Å².